The molecule has 156 valence electrons. The molecule has 0 amide bonds. The van der Waals surface area contributed by atoms with Gasteiger partial charge in [-0.2, -0.15) is 0 Å². The molecule has 31 heavy (non-hydrogen) atoms. The normalized spacial score (nSPS) is 16.6. The summed E-state index contributed by atoms with van der Waals surface area (Å²) in [6.45, 7) is 3.35. The van der Waals surface area contributed by atoms with Crippen LogP contribution in [0.25, 0.3) is 6.08 Å². The Kier molecular flexibility index (Phi) is 4.79. The van der Waals surface area contributed by atoms with Crippen LogP contribution in [0.2, 0.25) is 0 Å². The van der Waals surface area contributed by atoms with Crippen LogP contribution in [0.1, 0.15) is 32.6 Å². The highest BCUT2D eigenvalue weighted by Crippen LogP contribution is 2.44. The van der Waals surface area contributed by atoms with Gasteiger partial charge in [-0.15, -0.1) is 0 Å². The summed E-state index contributed by atoms with van der Waals surface area (Å²) in [5.74, 6) is 0.598. The van der Waals surface area contributed by atoms with Crippen molar-refractivity contribution >= 4 is 11.9 Å². The van der Waals surface area contributed by atoms with Gasteiger partial charge in [-0.25, -0.2) is 8.78 Å². The number of carbonyl (C=O) groups excluding carboxylic acids is 1. The van der Waals surface area contributed by atoms with E-state index in [0.717, 1.165) is 16.7 Å². The van der Waals surface area contributed by atoms with Gasteiger partial charge >= 0.3 is 0 Å². The molecular weight excluding hydrogens is 400 g/mol. The lowest BCUT2D eigenvalue weighted by atomic mass is 9.98. The van der Waals surface area contributed by atoms with Gasteiger partial charge in [0.05, 0.1) is 11.1 Å². The quantitative estimate of drug-likeness (QED) is 0.544. The van der Waals surface area contributed by atoms with Gasteiger partial charge in [0.25, 0.3) is 0 Å². The third-order valence-corrected chi connectivity index (χ3v) is 5.47. The minimum absolute atomic E-state index is 0.199. The number of aryl methyl sites for hydroxylation is 1. The van der Waals surface area contributed by atoms with E-state index in [2.05, 4.69) is 4.90 Å². The van der Waals surface area contributed by atoms with Gasteiger partial charge in [-0.1, -0.05) is 24.3 Å². The Morgan fingerprint density at radius 3 is 2.42 bits per heavy atom. The summed E-state index contributed by atoms with van der Waals surface area (Å²) in [5, 5.41) is 0. The van der Waals surface area contributed by atoms with Gasteiger partial charge in [-0.05, 0) is 60.0 Å². The van der Waals surface area contributed by atoms with Crippen LogP contribution in [-0.2, 0) is 13.1 Å². The smallest absolute Gasteiger partial charge is 0.232 e. The van der Waals surface area contributed by atoms with E-state index in [1.807, 2.05) is 13.0 Å². The van der Waals surface area contributed by atoms with Crippen LogP contribution in [-0.4, -0.2) is 17.4 Å². The molecule has 3 aromatic rings. The third-order valence-electron chi connectivity index (χ3n) is 5.47. The minimum Gasteiger partial charge on any atom is -0.478 e. The Labute approximate surface area is 178 Å². The summed E-state index contributed by atoms with van der Waals surface area (Å²) >= 11 is 0. The summed E-state index contributed by atoms with van der Waals surface area (Å²) in [6, 6.07) is 14.1. The predicted octanol–water partition coefficient (Wildman–Crippen LogP) is 5.24. The first-order valence-corrected chi connectivity index (χ1v) is 9.94. The van der Waals surface area contributed by atoms with E-state index in [0.29, 0.717) is 42.4 Å². The summed E-state index contributed by atoms with van der Waals surface area (Å²) in [4.78, 5) is 15.1. The molecule has 6 heteroatoms. The lowest BCUT2D eigenvalue weighted by Gasteiger charge is -2.30. The molecular formula is C25H19F2NO3. The highest BCUT2D eigenvalue weighted by molar-refractivity contribution is 6.15. The van der Waals surface area contributed by atoms with Crippen LogP contribution in [0, 0.1) is 18.6 Å². The highest BCUT2D eigenvalue weighted by atomic mass is 19.1. The van der Waals surface area contributed by atoms with Crippen molar-refractivity contribution < 1.29 is 23.0 Å². The lowest BCUT2D eigenvalue weighted by molar-refractivity contribution is 0.0872. The number of nitrogens with zero attached hydrogens (tertiary/aromatic N) is 1. The molecule has 0 unspecified atom stereocenters. The zero-order chi connectivity index (χ0) is 21.5. The van der Waals surface area contributed by atoms with Crippen LogP contribution < -0.4 is 9.47 Å². The molecule has 2 aliphatic rings. The van der Waals surface area contributed by atoms with Crippen molar-refractivity contribution in [2.24, 2.45) is 0 Å². The van der Waals surface area contributed by atoms with Crippen LogP contribution in [0.15, 0.2) is 60.4 Å². The molecule has 0 N–H and O–H groups in total. The Hall–Kier alpha value is -3.51. The summed E-state index contributed by atoms with van der Waals surface area (Å²) < 4.78 is 38.3. The fraction of sp³-hybridized carbons (Fsp3) is 0.160. The van der Waals surface area contributed by atoms with Crippen molar-refractivity contribution in [1.82, 2.24) is 4.90 Å². The van der Waals surface area contributed by atoms with E-state index in [9.17, 15) is 13.6 Å². The van der Waals surface area contributed by atoms with Gasteiger partial charge in [0.15, 0.2) is 5.76 Å². The molecule has 0 atom stereocenters. The number of benzene rings is 3. The van der Waals surface area contributed by atoms with Crippen molar-refractivity contribution in [3.05, 3.63) is 99.8 Å². The SMILES string of the molecule is Cc1cc2c(c3c1C(=O)/C(=C/c1ccc(F)cc1)O3)CN(Cc1ccc(F)cc1)CO2. The number of Topliss-reactive ketones (excluding diaryl/α,β-unsaturated/α-hetero) is 1. The van der Waals surface area contributed by atoms with Gasteiger partial charge < -0.3 is 9.47 Å². The van der Waals surface area contributed by atoms with Crippen LogP contribution in [0.5, 0.6) is 11.5 Å². The van der Waals surface area contributed by atoms with Gasteiger partial charge in [0, 0.05) is 13.1 Å². The molecule has 0 radical (unpaired) electrons. The number of ketones is 1. The molecule has 0 aliphatic carbocycles. The van der Waals surface area contributed by atoms with E-state index in [-0.39, 0.29) is 23.2 Å². The number of halogens is 2. The second-order valence-corrected chi connectivity index (χ2v) is 7.75. The average molecular weight is 419 g/mol. The number of rotatable bonds is 3. The second-order valence-electron chi connectivity index (χ2n) is 7.75. The Bertz CT molecular complexity index is 1200. The molecule has 0 bridgehead atoms. The molecule has 2 heterocycles. The van der Waals surface area contributed by atoms with E-state index in [4.69, 9.17) is 9.47 Å². The number of carbonyl (C=O) groups is 1. The monoisotopic (exact) mass is 419 g/mol. The maximum Gasteiger partial charge on any atom is 0.232 e. The van der Waals surface area contributed by atoms with Crippen molar-refractivity contribution in [3.63, 3.8) is 0 Å². The molecule has 0 fully saturated rings. The molecule has 5 rings (SSSR count). The number of hydrogen-bond donors (Lipinski definition) is 0. The third kappa shape index (κ3) is 3.70. The summed E-state index contributed by atoms with van der Waals surface area (Å²) in [6.07, 6.45) is 1.62. The molecule has 3 aromatic carbocycles. The van der Waals surface area contributed by atoms with Crippen molar-refractivity contribution in [1.29, 1.82) is 0 Å². The molecule has 0 saturated heterocycles. The van der Waals surface area contributed by atoms with Gasteiger partial charge in [0.2, 0.25) is 5.78 Å². The zero-order valence-electron chi connectivity index (χ0n) is 16.8. The van der Waals surface area contributed by atoms with E-state index >= 15 is 0 Å². The first kappa shape index (κ1) is 19.5. The first-order valence-electron chi connectivity index (χ1n) is 9.94. The fourth-order valence-electron chi connectivity index (χ4n) is 3.94. The second kappa shape index (κ2) is 7.63. The number of ether oxygens (including phenoxy) is 2. The lowest BCUT2D eigenvalue weighted by Crippen LogP contribution is -2.31. The van der Waals surface area contributed by atoms with E-state index < -0.39 is 0 Å². The maximum absolute atomic E-state index is 13.2. The van der Waals surface area contributed by atoms with Crippen molar-refractivity contribution in [2.45, 2.75) is 20.0 Å². The average Bonchev–Trinajstić information content (AvgIpc) is 3.09. The summed E-state index contributed by atoms with van der Waals surface area (Å²) in [5.41, 5.74) is 3.77. The summed E-state index contributed by atoms with van der Waals surface area (Å²) in [7, 11) is 0. The van der Waals surface area contributed by atoms with Crippen LogP contribution in [0.4, 0.5) is 8.78 Å². The largest absolute Gasteiger partial charge is 0.478 e. The van der Waals surface area contributed by atoms with Crippen LogP contribution in [0.3, 0.4) is 0 Å². The standard InChI is InChI=1S/C25H19F2NO3/c1-15-10-21-20(13-28(14-30-21)12-17-4-8-19(27)9-5-17)25-23(15)24(29)22(31-25)11-16-2-6-18(26)7-3-16/h2-11H,12-14H2,1H3/b22-11-. The number of fused-ring (bicyclic) bond motifs is 3. The van der Waals surface area contributed by atoms with E-state index in [1.54, 1.807) is 30.3 Å². The highest BCUT2D eigenvalue weighted by Gasteiger charge is 2.35. The maximum atomic E-state index is 13.2. The molecule has 0 aromatic heterocycles. The molecule has 0 spiro atoms. The Morgan fingerprint density at radius 1 is 1.03 bits per heavy atom. The van der Waals surface area contributed by atoms with Crippen LogP contribution >= 0.6 is 0 Å². The number of hydrogen-bond acceptors (Lipinski definition) is 4. The fourth-order valence-corrected chi connectivity index (χ4v) is 3.94. The Balaban J connectivity index is 1.45. The molecule has 4 nitrogen and oxygen atoms in total. The molecule has 2 aliphatic heterocycles. The first-order chi connectivity index (χ1) is 15.0. The topological polar surface area (TPSA) is 38.8 Å². The van der Waals surface area contributed by atoms with Gasteiger partial charge in [0.1, 0.15) is 29.9 Å². The van der Waals surface area contributed by atoms with Gasteiger partial charge in [-0.3, -0.25) is 9.69 Å². The minimum atomic E-state index is -0.340. The zero-order valence-corrected chi connectivity index (χ0v) is 16.8. The molecule has 0 saturated carbocycles. The van der Waals surface area contributed by atoms with E-state index in [1.165, 1.54) is 24.3 Å². The van der Waals surface area contributed by atoms with Crippen molar-refractivity contribution in [3.8, 4) is 11.5 Å². The number of allylic oxidation sites excluding steroid dienone is 1. The Morgan fingerprint density at radius 2 is 1.71 bits per heavy atom. The predicted molar refractivity (Wildman–Crippen MR) is 112 cm³/mol. The van der Waals surface area contributed by atoms with Crippen molar-refractivity contribution in [2.75, 3.05) is 6.73 Å².